The van der Waals surface area contributed by atoms with Crippen molar-refractivity contribution >= 4 is 11.6 Å². The van der Waals surface area contributed by atoms with Crippen LogP contribution in [0.3, 0.4) is 0 Å². The molecule has 7 heteroatoms. The van der Waals surface area contributed by atoms with Gasteiger partial charge >= 0.3 is 0 Å². The second-order valence-electron chi connectivity index (χ2n) is 6.45. The molecule has 1 aromatic heterocycles. The maximum Gasteiger partial charge on any atom is 0.213 e. The van der Waals surface area contributed by atoms with Crippen LogP contribution in [-0.2, 0) is 13.2 Å². The molecule has 0 aliphatic heterocycles. The molecule has 158 valence electrons. The molecule has 0 aliphatic rings. The lowest BCUT2D eigenvalue weighted by molar-refractivity contribution is 0.269. The Morgan fingerprint density at radius 1 is 1.00 bits per heavy atom. The van der Waals surface area contributed by atoms with E-state index in [4.69, 9.17) is 25.8 Å². The zero-order chi connectivity index (χ0) is 21.2. The number of hydrogen-bond donors (Lipinski definition) is 1. The number of benzene rings is 2. The fourth-order valence-electron chi connectivity index (χ4n) is 2.76. The quantitative estimate of drug-likeness (QED) is 0.433. The summed E-state index contributed by atoms with van der Waals surface area (Å²) in [6, 6.07) is 15.4. The molecule has 0 aliphatic carbocycles. The third kappa shape index (κ3) is 6.61. The van der Waals surface area contributed by atoms with Gasteiger partial charge in [-0.25, -0.2) is 9.37 Å². The molecular formula is C23H24ClFN2O3. The number of rotatable bonds is 11. The maximum absolute atomic E-state index is 13.1. The van der Waals surface area contributed by atoms with Crippen LogP contribution in [0.25, 0.3) is 0 Å². The van der Waals surface area contributed by atoms with E-state index in [0.717, 1.165) is 11.1 Å². The first kappa shape index (κ1) is 21.9. The number of hydrogen-bond acceptors (Lipinski definition) is 5. The summed E-state index contributed by atoms with van der Waals surface area (Å²) in [5.41, 5.74) is 1.81. The van der Waals surface area contributed by atoms with Crippen LogP contribution >= 0.6 is 11.6 Å². The van der Waals surface area contributed by atoms with E-state index >= 15 is 0 Å². The molecule has 0 spiro atoms. The van der Waals surface area contributed by atoms with E-state index < -0.39 is 0 Å². The van der Waals surface area contributed by atoms with Crippen molar-refractivity contribution in [1.29, 1.82) is 0 Å². The molecule has 0 radical (unpaired) electrons. The minimum atomic E-state index is -0.283. The van der Waals surface area contributed by atoms with Gasteiger partial charge in [-0.1, -0.05) is 29.8 Å². The molecule has 0 saturated carbocycles. The molecule has 0 atom stereocenters. The van der Waals surface area contributed by atoms with Gasteiger partial charge in [-0.05, 0) is 48.4 Å². The highest BCUT2D eigenvalue weighted by Gasteiger charge is 2.13. The maximum atomic E-state index is 13.1. The fraction of sp³-hybridized carbons (Fsp3) is 0.261. The molecule has 30 heavy (non-hydrogen) atoms. The first-order valence-corrected chi connectivity index (χ1v) is 10.1. The largest absolute Gasteiger partial charge is 0.490 e. The Balaban J connectivity index is 1.55. The number of pyridine rings is 1. The van der Waals surface area contributed by atoms with E-state index in [1.165, 1.54) is 12.1 Å². The van der Waals surface area contributed by atoms with Gasteiger partial charge in [0.15, 0.2) is 11.5 Å². The van der Waals surface area contributed by atoms with E-state index in [-0.39, 0.29) is 12.4 Å². The van der Waals surface area contributed by atoms with Gasteiger partial charge in [0.1, 0.15) is 19.0 Å². The van der Waals surface area contributed by atoms with Crippen LogP contribution in [0.5, 0.6) is 17.4 Å². The average Bonchev–Trinajstić information content (AvgIpc) is 2.75. The topological polar surface area (TPSA) is 52.6 Å². The summed E-state index contributed by atoms with van der Waals surface area (Å²) in [6.45, 7) is 4.41. The minimum absolute atomic E-state index is 0.266. The lowest BCUT2D eigenvalue weighted by Crippen LogP contribution is -2.20. The van der Waals surface area contributed by atoms with Gasteiger partial charge in [0, 0.05) is 25.4 Å². The van der Waals surface area contributed by atoms with Gasteiger partial charge in [0.25, 0.3) is 0 Å². The summed E-state index contributed by atoms with van der Waals surface area (Å²) in [5.74, 6) is 1.37. The van der Waals surface area contributed by atoms with Crippen LogP contribution in [0.1, 0.15) is 18.1 Å². The third-order valence-corrected chi connectivity index (χ3v) is 4.44. The molecule has 0 fully saturated rings. The van der Waals surface area contributed by atoms with E-state index in [2.05, 4.69) is 10.3 Å². The molecular weight excluding hydrogens is 407 g/mol. The summed E-state index contributed by atoms with van der Waals surface area (Å²) in [5, 5.41) is 3.77. The van der Waals surface area contributed by atoms with Crippen molar-refractivity contribution in [3.63, 3.8) is 0 Å². The number of ether oxygens (including phenoxy) is 3. The number of nitrogens with one attached hydrogen (secondary N) is 1. The fourth-order valence-corrected chi connectivity index (χ4v) is 3.04. The Labute approximate surface area is 180 Å². The van der Waals surface area contributed by atoms with Gasteiger partial charge < -0.3 is 19.5 Å². The van der Waals surface area contributed by atoms with Crippen LogP contribution in [-0.4, -0.2) is 24.7 Å². The van der Waals surface area contributed by atoms with E-state index in [1.807, 2.05) is 37.3 Å². The Morgan fingerprint density at radius 2 is 1.83 bits per heavy atom. The number of halogens is 2. The van der Waals surface area contributed by atoms with Crippen molar-refractivity contribution < 1.29 is 18.6 Å². The molecule has 0 unspecified atom stereocenters. The third-order valence-electron chi connectivity index (χ3n) is 4.16. The molecule has 1 heterocycles. The predicted octanol–water partition coefficient (Wildman–Crippen LogP) is 5.02. The van der Waals surface area contributed by atoms with Crippen molar-refractivity contribution in [3.8, 4) is 17.4 Å². The van der Waals surface area contributed by atoms with Crippen LogP contribution in [0.15, 0.2) is 60.8 Å². The van der Waals surface area contributed by atoms with Crippen LogP contribution in [0, 0.1) is 5.82 Å². The molecule has 2 aromatic carbocycles. The van der Waals surface area contributed by atoms with Crippen molar-refractivity contribution in [2.24, 2.45) is 0 Å². The Morgan fingerprint density at radius 3 is 2.57 bits per heavy atom. The molecule has 3 rings (SSSR count). The van der Waals surface area contributed by atoms with Crippen molar-refractivity contribution in [3.05, 3.63) is 82.8 Å². The van der Waals surface area contributed by atoms with Crippen molar-refractivity contribution in [2.45, 2.75) is 20.1 Å². The Bertz CT molecular complexity index is 924. The monoisotopic (exact) mass is 430 g/mol. The van der Waals surface area contributed by atoms with Gasteiger partial charge in [-0.15, -0.1) is 0 Å². The van der Waals surface area contributed by atoms with Gasteiger partial charge in [-0.3, -0.25) is 0 Å². The SMILES string of the molecule is CCOc1cc(CNCCOc2ccccn2)cc(Cl)c1OCc1ccc(F)cc1. The van der Waals surface area contributed by atoms with Gasteiger partial charge in [0.05, 0.1) is 11.6 Å². The average molecular weight is 431 g/mol. The zero-order valence-electron chi connectivity index (χ0n) is 16.7. The summed E-state index contributed by atoms with van der Waals surface area (Å²) >= 11 is 6.46. The smallest absolute Gasteiger partial charge is 0.213 e. The predicted molar refractivity (Wildman–Crippen MR) is 115 cm³/mol. The van der Waals surface area contributed by atoms with Gasteiger partial charge in [0.2, 0.25) is 5.88 Å². The van der Waals surface area contributed by atoms with Crippen molar-refractivity contribution in [1.82, 2.24) is 10.3 Å². The molecule has 0 bridgehead atoms. The van der Waals surface area contributed by atoms with E-state index in [1.54, 1.807) is 18.3 Å². The second-order valence-corrected chi connectivity index (χ2v) is 6.85. The van der Waals surface area contributed by atoms with Crippen LogP contribution < -0.4 is 19.5 Å². The molecule has 0 saturated heterocycles. The normalized spacial score (nSPS) is 10.6. The highest BCUT2D eigenvalue weighted by atomic mass is 35.5. The first-order chi connectivity index (χ1) is 14.7. The molecule has 5 nitrogen and oxygen atoms in total. The summed E-state index contributed by atoms with van der Waals surface area (Å²) in [4.78, 5) is 4.12. The summed E-state index contributed by atoms with van der Waals surface area (Å²) in [6.07, 6.45) is 1.69. The highest BCUT2D eigenvalue weighted by Crippen LogP contribution is 2.37. The second kappa shape index (κ2) is 11.4. The van der Waals surface area contributed by atoms with E-state index in [0.29, 0.717) is 48.7 Å². The zero-order valence-corrected chi connectivity index (χ0v) is 17.5. The lowest BCUT2D eigenvalue weighted by atomic mass is 10.2. The van der Waals surface area contributed by atoms with Gasteiger partial charge in [-0.2, -0.15) is 0 Å². The summed E-state index contributed by atoms with van der Waals surface area (Å²) < 4.78 is 30.2. The van der Waals surface area contributed by atoms with Crippen LogP contribution in [0.4, 0.5) is 4.39 Å². The Hall–Kier alpha value is -2.83. The first-order valence-electron chi connectivity index (χ1n) is 9.72. The van der Waals surface area contributed by atoms with Crippen LogP contribution in [0.2, 0.25) is 5.02 Å². The van der Waals surface area contributed by atoms with Crippen molar-refractivity contribution in [2.75, 3.05) is 19.8 Å². The standard InChI is InChI=1S/C23H24ClFN2O3/c1-2-28-21-14-18(15-26-11-12-29-22-5-3-4-10-27-22)13-20(24)23(21)30-16-17-6-8-19(25)9-7-17/h3-10,13-14,26H,2,11-12,15-16H2,1H3. The lowest BCUT2D eigenvalue weighted by Gasteiger charge is -2.16. The molecule has 1 N–H and O–H groups in total. The summed E-state index contributed by atoms with van der Waals surface area (Å²) in [7, 11) is 0. The Kier molecular flexibility index (Phi) is 8.30. The molecule has 3 aromatic rings. The minimum Gasteiger partial charge on any atom is -0.490 e. The highest BCUT2D eigenvalue weighted by molar-refractivity contribution is 6.32. The number of nitrogens with zero attached hydrogens (tertiary/aromatic N) is 1. The number of aromatic nitrogens is 1. The van der Waals surface area contributed by atoms with E-state index in [9.17, 15) is 4.39 Å². The molecule has 0 amide bonds.